The number of nitrogens with one attached hydrogen (secondary N) is 1. The number of amides is 1. The fraction of sp³-hybridized carbons (Fsp3) is 0.818. The predicted molar refractivity (Wildman–Crippen MR) is 70.3 cm³/mol. The van der Waals surface area contributed by atoms with Gasteiger partial charge in [-0.1, -0.05) is 5.11 Å². The molecule has 0 rings (SSSR count). The Hall–Kier alpha value is -1.79. The zero-order valence-electron chi connectivity index (χ0n) is 10.9. The van der Waals surface area contributed by atoms with Crippen LogP contribution in [0.1, 0.15) is 38.5 Å². The molecule has 19 heavy (non-hydrogen) atoms. The first kappa shape index (κ1) is 17.2. The molecule has 1 amide bonds. The van der Waals surface area contributed by atoms with Gasteiger partial charge in [0.1, 0.15) is 6.04 Å². The minimum Gasteiger partial charge on any atom is -0.480 e. The maximum atomic E-state index is 11.5. The molecule has 0 aromatic rings. The molecule has 4 N–H and O–H groups in total. The first-order valence-corrected chi connectivity index (χ1v) is 6.35. The molecule has 108 valence electrons. The molecule has 0 heterocycles. The quantitative estimate of drug-likeness (QED) is 0.224. The molecule has 8 heteroatoms. The van der Waals surface area contributed by atoms with E-state index in [1.165, 1.54) is 0 Å². The summed E-state index contributed by atoms with van der Waals surface area (Å²) in [7, 11) is 0. The summed E-state index contributed by atoms with van der Waals surface area (Å²) in [6.45, 7) is 0.863. The van der Waals surface area contributed by atoms with Crippen molar-refractivity contribution in [2.45, 2.75) is 44.6 Å². The lowest BCUT2D eigenvalue weighted by Crippen LogP contribution is -2.40. The summed E-state index contributed by atoms with van der Waals surface area (Å²) in [5, 5.41) is 14.8. The van der Waals surface area contributed by atoms with Gasteiger partial charge in [-0.25, -0.2) is 4.79 Å². The summed E-state index contributed by atoms with van der Waals surface area (Å²) in [4.78, 5) is 25.1. The second kappa shape index (κ2) is 11.3. The number of aliphatic carboxylic acids is 1. The summed E-state index contributed by atoms with van der Waals surface area (Å²) < 4.78 is 0. The van der Waals surface area contributed by atoms with Gasteiger partial charge in [-0.2, -0.15) is 0 Å². The van der Waals surface area contributed by atoms with Gasteiger partial charge >= 0.3 is 5.97 Å². The Morgan fingerprint density at radius 2 is 2.05 bits per heavy atom. The van der Waals surface area contributed by atoms with E-state index in [9.17, 15) is 9.59 Å². The number of hydrogen-bond acceptors (Lipinski definition) is 4. The van der Waals surface area contributed by atoms with Crippen molar-refractivity contribution in [2.24, 2.45) is 10.8 Å². The van der Waals surface area contributed by atoms with Crippen LogP contribution in [-0.2, 0) is 9.59 Å². The molecule has 0 radical (unpaired) electrons. The summed E-state index contributed by atoms with van der Waals surface area (Å²) in [5.74, 6) is -1.32. The Balaban J connectivity index is 3.89. The van der Waals surface area contributed by atoms with Crippen molar-refractivity contribution in [1.29, 1.82) is 0 Å². The number of carbonyl (C=O) groups excluding carboxylic acids is 1. The third kappa shape index (κ3) is 9.87. The van der Waals surface area contributed by atoms with Crippen LogP contribution >= 0.6 is 0 Å². The Labute approximate surface area is 112 Å². The normalized spacial score (nSPS) is 11.4. The monoisotopic (exact) mass is 271 g/mol. The minimum atomic E-state index is -1.03. The third-order valence-corrected chi connectivity index (χ3v) is 2.56. The number of azide groups is 1. The van der Waals surface area contributed by atoms with Crippen LogP contribution in [0.2, 0.25) is 0 Å². The van der Waals surface area contributed by atoms with E-state index in [0.29, 0.717) is 38.8 Å². The van der Waals surface area contributed by atoms with Crippen LogP contribution in [0.3, 0.4) is 0 Å². The van der Waals surface area contributed by atoms with E-state index in [2.05, 4.69) is 15.3 Å². The van der Waals surface area contributed by atoms with E-state index in [0.717, 1.165) is 6.42 Å². The number of nitrogens with zero attached hydrogens (tertiary/aromatic N) is 3. The van der Waals surface area contributed by atoms with Gasteiger partial charge in [-0.3, -0.25) is 4.79 Å². The largest absolute Gasteiger partial charge is 0.480 e. The molecule has 0 unspecified atom stereocenters. The lowest BCUT2D eigenvalue weighted by Gasteiger charge is -2.14. The average molecular weight is 271 g/mol. The zero-order valence-corrected chi connectivity index (χ0v) is 10.9. The highest BCUT2D eigenvalue weighted by atomic mass is 16.4. The maximum absolute atomic E-state index is 11.5. The second-order valence-corrected chi connectivity index (χ2v) is 4.15. The van der Waals surface area contributed by atoms with Crippen molar-refractivity contribution >= 4 is 11.9 Å². The first-order valence-electron chi connectivity index (χ1n) is 6.35. The van der Waals surface area contributed by atoms with Crippen molar-refractivity contribution < 1.29 is 14.7 Å². The van der Waals surface area contributed by atoms with Crippen LogP contribution < -0.4 is 11.1 Å². The van der Waals surface area contributed by atoms with Crippen LogP contribution in [0.15, 0.2) is 5.11 Å². The molecular formula is C11H21N5O3. The predicted octanol–water partition coefficient (Wildman–Crippen LogP) is 1.17. The van der Waals surface area contributed by atoms with E-state index < -0.39 is 12.0 Å². The van der Waals surface area contributed by atoms with Crippen molar-refractivity contribution in [3.05, 3.63) is 10.4 Å². The molecule has 0 saturated heterocycles. The Bertz CT molecular complexity index is 328. The number of rotatable bonds is 11. The minimum absolute atomic E-state index is 0.238. The molecule has 8 nitrogen and oxygen atoms in total. The lowest BCUT2D eigenvalue weighted by molar-refractivity contribution is -0.142. The number of carboxylic acids is 1. The van der Waals surface area contributed by atoms with Gasteiger partial charge in [-0.15, -0.1) is 0 Å². The lowest BCUT2D eigenvalue weighted by atomic mass is 10.1. The van der Waals surface area contributed by atoms with Crippen molar-refractivity contribution in [2.75, 3.05) is 13.1 Å². The highest BCUT2D eigenvalue weighted by Gasteiger charge is 2.18. The molecule has 0 aliphatic rings. The molecule has 0 spiro atoms. The van der Waals surface area contributed by atoms with Gasteiger partial charge < -0.3 is 16.2 Å². The van der Waals surface area contributed by atoms with E-state index in [4.69, 9.17) is 16.4 Å². The summed E-state index contributed by atoms with van der Waals surface area (Å²) in [6, 6.07) is -0.851. The summed E-state index contributed by atoms with van der Waals surface area (Å²) in [6.07, 6.45) is 3.22. The van der Waals surface area contributed by atoms with Gasteiger partial charge in [0.2, 0.25) is 5.91 Å². The van der Waals surface area contributed by atoms with Crippen molar-refractivity contribution in [3.63, 3.8) is 0 Å². The zero-order chi connectivity index (χ0) is 14.5. The van der Waals surface area contributed by atoms with Crippen LogP contribution in [0.25, 0.3) is 10.4 Å². The molecule has 0 aromatic heterocycles. The maximum Gasteiger partial charge on any atom is 0.326 e. The topological polar surface area (TPSA) is 141 Å². The van der Waals surface area contributed by atoms with E-state index in [-0.39, 0.29) is 12.3 Å². The number of hydrogen-bond donors (Lipinski definition) is 3. The van der Waals surface area contributed by atoms with Gasteiger partial charge in [0.05, 0.1) is 0 Å². The van der Waals surface area contributed by atoms with Gasteiger partial charge in [0.25, 0.3) is 0 Å². The first-order chi connectivity index (χ1) is 9.11. The Morgan fingerprint density at radius 3 is 2.63 bits per heavy atom. The molecular weight excluding hydrogens is 250 g/mol. The Kier molecular flexibility index (Phi) is 10.2. The number of carbonyl (C=O) groups is 2. The van der Waals surface area contributed by atoms with E-state index in [1.54, 1.807) is 0 Å². The van der Waals surface area contributed by atoms with Gasteiger partial charge in [-0.05, 0) is 44.2 Å². The fourth-order valence-electron chi connectivity index (χ4n) is 1.53. The number of nitrogens with two attached hydrogens (primary N) is 1. The summed E-state index contributed by atoms with van der Waals surface area (Å²) >= 11 is 0. The molecule has 0 bridgehead atoms. The second-order valence-electron chi connectivity index (χ2n) is 4.15. The molecule has 0 aromatic carbocycles. The van der Waals surface area contributed by atoms with Crippen LogP contribution in [0.4, 0.5) is 0 Å². The number of carboxylic acid groups (broad SMARTS) is 1. The van der Waals surface area contributed by atoms with Crippen LogP contribution in [-0.4, -0.2) is 36.1 Å². The van der Waals surface area contributed by atoms with E-state index in [1.807, 2.05) is 0 Å². The van der Waals surface area contributed by atoms with Gasteiger partial charge in [0, 0.05) is 17.9 Å². The van der Waals surface area contributed by atoms with Crippen molar-refractivity contribution in [1.82, 2.24) is 5.32 Å². The molecule has 0 fully saturated rings. The average Bonchev–Trinajstić information content (AvgIpc) is 2.37. The molecule has 0 aliphatic carbocycles. The third-order valence-electron chi connectivity index (χ3n) is 2.56. The fourth-order valence-corrected chi connectivity index (χ4v) is 1.53. The SMILES string of the molecule is [N-]=[N+]=NCCCCC(=O)N[C@@H](CCCCN)C(=O)O. The van der Waals surface area contributed by atoms with E-state index >= 15 is 0 Å². The highest BCUT2D eigenvalue weighted by molar-refractivity contribution is 5.83. The van der Waals surface area contributed by atoms with Crippen molar-refractivity contribution in [3.8, 4) is 0 Å². The smallest absolute Gasteiger partial charge is 0.326 e. The Morgan fingerprint density at radius 1 is 1.32 bits per heavy atom. The van der Waals surface area contributed by atoms with Crippen LogP contribution in [0, 0.1) is 0 Å². The molecule has 1 atom stereocenters. The van der Waals surface area contributed by atoms with Crippen LogP contribution in [0.5, 0.6) is 0 Å². The standard InChI is InChI=1S/C11H21N5O3/c12-7-3-1-5-9(11(18)19)15-10(17)6-2-4-8-14-16-13/h9H,1-8,12H2,(H,15,17)(H,18,19)/t9-/m0/s1. The highest BCUT2D eigenvalue weighted by Crippen LogP contribution is 2.03. The molecule has 0 aliphatic heterocycles. The summed E-state index contributed by atoms with van der Waals surface area (Å²) in [5.41, 5.74) is 13.4. The number of unbranched alkanes of at least 4 members (excludes halogenated alkanes) is 2. The van der Waals surface area contributed by atoms with Gasteiger partial charge in [0.15, 0.2) is 0 Å². The molecule has 0 saturated carbocycles.